The van der Waals surface area contributed by atoms with Gasteiger partial charge in [0.1, 0.15) is 12.4 Å². The molecule has 2 aromatic carbocycles. The highest BCUT2D eigenvalue weighted by molar-refractivity contribution is 5.48. The first-order valence-corrected chi connectivity index (χ1v) is 6.93. The van der Waals surface area contributed by atoms with Gasteiger partial charge in [0.25, 0.3) is 0 Å². The van der Waals surface area contributed by atoms with Crippen molar-refractivity contribution in [3.63, 3.8) is 0 Å². The largest absolute Gasteiger partial charge is 0.491 e. The summed E-state index contributed by atoms with van der Waals surface area (Å²) in [5.41, 5.74) is 1.31. The van der Waals surface area contributed by atoms with Gasteiger partial charge in [-0.1, -0.05) is 36.4 Å². The van der Waals surface area contributed by atoms with Crippen molar-refractivity contribution in [2.75, 3.05) is 18.1 Å². The predicted molar refractivity (Wildman–Crippen MR) is 78.7 cm³/mol. The van der Waals surface area contributed by atoms with Crippen LogP contribution in [0.4, 0.5) is 5.69 Å². The molecule has 0 spiro atoms. The smallest absolute Gasteiger partial charge is 0.119 e. The maximum atomic E-state index is 5.90. The molecule has 1 atom stereocenters. The minimum Gasteiger partial charge on any atom is -0.491 e. The molecular weight excluding hydrogens is 234 g/mol. The van der Waals surface area contributed by atoms with E-state index in [-0.39, 0.29) is 0 Å². The van der Waals surface area contributed by atoms with Gasteiger partial charge in [0, 0.05) is 12.2 Å². The Kier molecular flexibility index (Phi) is 3.68. The minimum absolute atomic E-state index is 0.489. The number of hydrogen-bond acceptors (Lipinski definition) is 2. The van der Waals surface area contributed by atoms with Crippen LogP contribution in [0.5, 0.6) is 5.75 Å². The second kappa shape index (κ2) is 5.79. The third-order valence-electron chi connectivity index (χ3n) is 3.65. The molecule has 0 N–H and O–H groups in total. The zero-order valence-electron chi connectivity index (χ0n) is 11.0. The summed E-state index contributed by atoms with van der Waals surface area (Å²) in [7, 11) is 0. The first-order valence-electron chi connectivity index (χ1n) is 6.93. The number of anilines is 1. The summed E-state index contributed by atoms with van der Waals surface area (Å²) in [5.74, 6) is 0.961. The van der Waals surface area contributed by atoms with Gasteiger partial charge in [0.15, 0.2) is 0 Å². The van der Waals surface area contributed by atoms with Crippen LogP contribution in [0.3, 0.4) is 0 Å². The van der Waals surface area contributed by atoms with E-state index in [1.807, 2.05) is 30.3 Å². The quantitative estimate of drug-likeness (QED) is 0.823. The van der Waals surface area contributed by atoms with Gasteiger partial charge in [0.05, 0.1) is 6.04 Å². The first-order chi connectivity index (χ1) is 9.43. The molecule has 98 valence electrons. The lowest BCUT2D eigenvalue weighted by Gasteiger charge is -2.26. The second-order valence-corrected chi connectivity index (χ2v) is 4.95. The summed E-state index contributed by atoms with van der Waals surface area (Å²) in [4.78, 5) is 2.46. The third kappa shape index (κ3) is 2.90. The fourth-order valence-corrected chi connectivity index (χ4v) is 2.68. The zero-order chi connectivity index (χ0) is 12.9. The van der Waals surface area contributed by atoms with E-state index in [4.69, 9.17) is 4.74 Å². The maximum Gasteiger partial charge on any atom is 0.119 e. The van der Waals surface area contributed by atoms with Crippen molar-refractivity contribution in [1.82, 2.24) is 0 Å². The zero-order valence-corrected chi connectivity index (χ0v) is 11.0. The molecule has 0 saturated carbocycles. The third-order valence-corrected chi connectivity index (χ3v) is 3.65. The molecule has 0 bridgehead atoms. The lowest BCUT2D eigenvalue weighted by molar-refractivity contribution is 0.288. The van der Waals surface area contributed by atoms with Crippen molar-refractivity contribution in [3.05, 3.63) is 60.7 Å². The average molecular weight is 253 g/mol. The fraction of sp³-hybridized carbons (Fsp3) is 0.294. The molecule has 0 aliphatic carbocycles. The first kappa shape index (κ1) is 12.1. The van der Waals surface area contributed by atoms with E-state index in [0.29, 0.717) is 6.04 Å². The standard InChI is InChI=1S/C17H19NO/c1-3-8-15(9-4-1)18-13-7-10-16(18)14-19-17-11-5-2-6-12-17/h1-6,8-9,11-12,16H,7,10,13-14H2. The highest BCUT2D eigenvalue weighted by Gasteiger charge is 2.25. The van der Waals surface area contributed by atoms with Gasteiger partial charge in [-0.3, -0.25) is 0 Å². The van der Waals surface area contributed by atoms with Crippen molar-refractivity contribution < 1.29 is 4.74 Å². The van der Waals surface area contributed by atoms with E-state index >= 15 is 0 Å². The van der Waals surface area contributed by atoms with Gasteiger partial charge in [-0.05, 0) is 37.1 Å². The van der Waals surface area contributed by atoms with Gasteiger partial charge in [-0.15, -0.1) is 0 Å². The van der Waals surface area contributed by atoms with Crippen LogP contribution < -0.4 is 9.64 Å². The van der Waals surface area contributed by atoms with Gasteiger partial charge < -0.3 is 9.64 Å². The lowest BCUT2D eigenvalue weighted by Crippen LogP contribution is -2.34. The van der Waals surface area contributed by atoms with Crippen molar-refractivity contribution >= 4 is 5.69 Å². The number of ether oxygens (including phenoxy) is 1. The van der Waals surface area contributed by atoms with Gasteiger partial charge in [0.2, 0.25) is 0 Å². The number of nitrogens with zero attached hydrogens (tertiary/aromatic N) is 1. The number of benzene rings is 2. The van der Waals surface area contributed by atoms with E-state index in [2.05, 4.69) is 35.2 Å². The van der Waals surface area contributed by atoms with Crippen molar-refractivity contribution in [2.45, 2.75) is 18.9 Å². The Labute approximate surface area is 114 Å². The Morgan fingerprint density at radius 2 is 1.63 bits per heavy atom. The number of rotatable bonds is 4. The van der Waals surface area contributed by atoms with Crippen molar-refractivity contribution in [3.8, 4) is 5.75 Å². The van der Waals surface area contributed by atoms with Crippen LogP contribution in [0.2, 0.25) is 0 Å². The molecule has 1 unspecified atom stereocenters. The van der Waals surface area contributed by atoms with Crippen LogP contribution in [0.15, 0.2) is 60.7 Å². The molecule has 2 heteroatoms. The van der Waals surface area contributed by atoms with Gasteiger partial charge in [-0.2, -0.15) is 0 Å². The lowest BCUT2D eigenvalue weighted by atomic mass is 10.2. The van der Waals surface area contributed by atoms with E-state index in [1.165, 1.54) is 18.5 Å². The van der Waals surface area contributed by atoms with Crippen LogP contribution in [0, 0.1) is 0 Å². The highest BCUT2D eigenvalue weighted by Crippen LogP contribution is 2.25. The molecule has 2 nitrogen and oxygen atoms in total. The average Bonchev–Trinajstić information content (AvgIpc) is 2.95. The van der Waals surface area contributed by atoms with Crippen molar-refractivity contribution in [2.24, 2.45) is 0 Å². The molecule has 19 heavy (non-hydrogen) atoms. The Balaban J connectivity index is 1.64. The fourth-order valence-electron chi connectivity index (χ4n) is 2.68. The Morgan fingerprint density at radius 1 is 0.947 bits per heavy atom. The van der Waals surface area contributed by atoms with Crippen LogP contribution in [-0.2, 0) is 0 Å². The topological polar surface area (TPSA) is 12.5 Å². The highest BCUT2D eigenvalue weighted by atomic mass is 16.5. The Bertz CT molecular complexity index is 497. The minimum atomic E-state index is 0.489. The molecule has 0 radical (unpaired) electrons. The van der Waals surface area contributed by atoms with Crippen LogP contribution >= 0.6 is 0 Å². The second-order valence-electron chi connectivity index (χ2n) is 4.95. The molecule has 0 amide bonds. The Morgan fingerprint density at radius 3 is 2.37 bits per heavy atom. The summed E-state index contributed by atoms with van der Waals surface area (Å²) in [6, 6.07) is 21.2. The Hall–Kier alpha value is -1.96. The van der Waals surface area contributed by atoms with E-state index < -0.39 is 0 Å². The molecule has 0 aromatic heterocycles. The van der Waals surface area contributed by atoms with Crippen LogP contribution in [-0.4, -0.2) is 19.2 Å². The monoisotopic (exact) mass is 253 g/mol. The van der Waals surface area contributed by atoms with Crippen LogP contribution in [0.25, 0.3) is 0 Å². The molecule has 1 heterocycles. The predicted octanol–water partition coefficient (Wildman–Crippen LogP) is 3.73. The van der Waals surface area contributed by atoms with E-state index in [0.717, 1.165) is 18.9 Å². The summed E-state index contributed by atoms with van der Waals surface area (Å²) >= 11 is 0. The summed E-state index contributed by atoms with van der Waals surface area (Å²) in [5, 5.41) is 0. The van der Waals surface area contributed by atoms with E-state index in [9.17, 15) is 0 Å². The molecule has 1 fully saturated rings. The van der Waals surface area contributed by atoms with Crippen LogP contribution in [0.1, 0.15) is 12.8 Å². The van der Waals surface area contributed by atoms with E-state index in [1.54, 1.807) is 0 Å². The molecule has 1 saturated heterocycles. The molecule has 2 aromatic rings. The molecule has 1 aliphatic rings. The normalized spacial score (nSPS) is 18.5. The number of hydrogen-bond donors (Lipinski definition) is 0. The van der Waals surface area contributed by atoms with Gasteiger partial charge in [-0.25, -0.2) is 0 Å². The maximum absolute atomic E-state index is 5.90. The summed E-state index contributed by atoms with van der Waals surface area (Å²) < 4.78 is 5.90. The molecule has 1 aliphatic heterocycles. The molecular formula is C17H19NO. The summed E-state index contributed by atoms with van der Waals surface area (Å²) in [6.07, 6.45) is 2.46. The van der Waals surface area contributed by atoms with Gasteiger partial charge >= 0.3 is 0 Å². The van der Waals surface area contributed by atoms with Crippen molar-refractivity contribution in [1.29, 1.82) is 0 Å². The molecule has 3 rings (SSSR count). The number of para-hydroxylation sites is 2. The SMILES string of the molecule is c1ccc(OCC2CCCN2c2ccccc2)cc1. The summed E-state index contributed by atoms with van der Waals surface area (Å²) in [6.45, 7) is 1.89.